The van der Waals surface area contributed by atoms with Gasteiger partial charge in [0.15, 0.2) is 0 Å². The van der Waals surface area contributed by atoms with Gasteiger partial charge in [-0.25, -0.2) is 4.79 Å². The summed E-state index contributed by atoms with van der Waals surface area (Å²) in [6.07, 6.45) is 0.557. The van der Waals surface area contributed by atoms with Crippen molar-refractivity contribution in [3.05, 3.63) is 35.4 Å². The zero-order chi connectivity index (χ0) is 12.3. The summed E-state index contributed by atoms with van der Waals surface area (Å²) in [6, 6.07) is 8.30. The van der Waals surface area contributed by atoms with Crippen LogP contribution in [0.3, 0.4) is 0 Å². The lowest BCUT2D eigenvalue weighted by atomic mass is 10.1. The summed E-state index contributed by atoms with van der Waals surface area (Å²) in [4.78, 5) is 13.4. The third-order valence-corrected chi connectivity index (χ3v) is 3.05. The van der Waals surface area contributed by atoms with Crippen molar-refractivity contribution in [3.8, 4) is 0 Å². The van der Waals surface area contributed by atoms with E-state index in [-0.39, 0.29) is 12.1 Å². The van der Waals surface area contributed by atoms with E-state index >= 15 is 0 Å². The molecule has 92 valence electrons. The van der Waals surface area contributed by atoms with Gasteiger partial charge >= 0.3 is 6.09 Å². The lowest BCUT2D eigenvalue weighted by Gasteiger charge is -2.20. The molecule has 0 spiro atoms. The van der Waals surface area contributed by atoms with Gasteiger partial charge in [0.1, 0.15) is 6.61 Å². The smallest absolute Gasteiger partial charge is 0.410 e. The van der Waals surface area contributed by atoms with Crippen LogP contribution in [0.1, 0.15) is 17.5 Å². The van der Waals surface area contributed by atoms with Crippen LogP contribution < -0.4 is 5.73 Å². The first-order valence-corrected chi connectivity index (χ1v) is 5.89. The number of nitrogens with two attached hydrogens (primary N) is 1. The van der Waals surface area contributed by atoms with Crippen LogP contribution in [0.4, 0.5) is 4.79 Å². The molecule has 2 rings (SSSR count). The normalized spacial score (nSPS) is 19.5. The molecule has 1 amide bonds. The fourth-order valence-corrected chi connectivity index (χ4v) is 2.00. The number of carbonyl (C=O) groups is 1. The van der Waals surface area contributed by atoms with Crippen LogP contribution in [-0.4, -0.2) is 30.2 Å². The maximum absolute atomic E-state index is 11.6. The summed E-state index contributed by atoms with van der Waals surface area (Å²) < 4.78 is 5.06. The molecule has 4 heteroatoms. The van der Waals surface area contributed by atoms with Crippen molar-refractivity contribution >= 4 is 6.09 Å². The summed E-state index contributed by atoms with van der Waals surface area (Å²) >= 11 is 0. The molecule has 1 aromatic carbocycles. The maximum Gasteiger partial charge on any atom is 0.410 e. The summed E-state index contributed by atoms with van der Waals surface area (Å²) in [6.45, 7) is 3.68. The van der Waals surface area contributed by atoms with Gasteiger partial charge in [-0.1, -0.05) is 29.8 Å². The average molecular weight is 234 g/mol. The van der Waals surface area contributed by atoms with Crippen molar-refractivity contribution in [1.82, 2.24) is 4.90 Å². The van der Waals surface area contributed by atoms with Gasteiger partial charge in [-0.15, -0.1) is 0 Å². The molecule has 1 unspecified atom stereocenters. The standard InChI is InChI=1S/C13H18N2O2/c1-10-2-4-11(5-3-10)8-15-12(6-7-14)9-17-13(15)16/h2-5,12H,6-9,14H2,1H3. The van der Waals surface area contributed by atoms with Crippen molar-refractivity contribution in [3.63, 3.8) is 0 Å². The number of hydrogen-bond donors (Lipinski definition) is 1. The number of nitrogens with zero attached hydrogens (tertiary/aromatic N) is 1. The number of cyclic esters (lactones) is 1. The number of rotatable bonds is 4. The Kier molecular flexibility index (Phi) is 3.64. The van der Waals surface area contributed by atoms with Gasteiger partial charge in [0, 0.05) is 6.54 Å². The number of hydrogen-bond acceptors (Lipinski definition) is 3. The molecule has 1 aliphatic rings. The highest BCUT2D eigenvalue weighted by atomic mass is 16.6. The molecule has 0 aliphatic carbocycles. The number of amides is 1. The van der Waals surface area contributed by atoms with Crippen LogP contribution in [0.5, 0.6) is 0 Å². The molecule has 1 saturated heterocycles. The number of ether oxygens (including phenoxy) is 1. The van der Waals surface area contributed by atoms with Crippen LogP contribution >= 0.6 is 0 Å². The van der Waals surface area contributed by atoms with Crippen LogP contribution in [0.25, 0.3) is 0 Å². The lowest BCUT2D eigenvalue weighted by molar-refractivity contribution is 0.156. The summed E-state index contributed by atoms with van der Waals surface area (Å²) in [7, 11) is 0. The second kappa shape index (κ2) is 5.19. The van der Waals surface area contributed by atoms with E-state index in [9.17, 15) is 4.79 Å². The van der Waals surface area contributed by atoms with E-state index in [4.69, 9.17) is 10.5 Å². The SMILES string of the molecule is Cc1ccc(CN2C(=O)OCC2CCN)cc1. The van der Waals surface area contributed by atoms with Gasteiger partial charge < -0.3 is 10.5 Å². The van der Waals surface area contributed by atoms with Gasteiger partial charge in [0.2, 0.25) is 0 Å². The summed E-state index contributed by atoms with van der Waals surface area (Å²) in [5.74, 6) is 0. The number of benzene rings is 1. The third-order valence-electron chi connectivity index (χ3n) is 3.05. The minimum absolute atomic E-state index is 0.119. The highest BCUT2D eigenvalue weighted by molar-refractivity contribution is 5.70. The van der Waals surface area contributed by atoms with Crippen LogP contribution in [0.15, 0.2) is 24.3 Å². The molecule has 0 bridgehead atoms. The van der Waals surface area contributed by atoms with Crippen LogP contribution in [0.2, 0.25) is 0 Å². The molecule has 2 N–H and O–H groups in total. The topological polar surface area (TPSA) is 55.6 Å². The highest BCUT2D eigenvalue weighted by Gasteiger charge is 2.31. The molecule has 0 saturated carbocycles. The summed E-state index contributed by atoms with van der Waals surface area (Å²) in [5.41, 5.74) is 7.88. The first-order valence-electron chi connectivity index (χ1n) is 5.89. The Morgan fingerprint density at radius 2 is 2.12 bits per heavy atom. The van der Waals surface area contributed by atoms with E-state index in [0.717, 1.165) is 12.0 Å². The fraction of sp³-hybridized carbons (Fsp3) is 0.462. The minimum Gasteiger partial charge on any atom is -0.447 e. The Labute approximate surface area is 101 Å². The molecule has 0 aromatic heterocycles. The minimum atomic E-state index is -0.232. The molecule has 1 heterocycles. The first-order chi connectivity index (χ1) is 8.20. The summed E-state index contributed by atoms with van der Waals surface area (Å²) in [5, 5.41) is 0. The number of aryl methyl sites for hydroxylation is 1. The molecule has 1 fully saturated rings. The average Bonchev–Trinajstić information content (AvgIpc) is 2.65. The Hall–Kier alpha value is -1.55. The fourth-order valence-electron chi connectivity index (χ4n) is 2.00. The van der Waals surface area contributed by atoms with E-state index in [1.54, 1.807) is 4.90 Å². The predicted octanol–water partition coefficient (Wildman–Crippen LogP) is 1.66. The van der Waals surface area contributed by atoms with E-state index < -0.39 is 0 Å². The van der Waals surface area contributed by atoms with Gasteiger partial charge in [-0.05, 0) is 25.5 Å². The number of carbonyl (C=O) groups excluding carboxylic acids is 1. The first kappa shape index (κ1) is 11.9. The Morgan fingerprint density at radius 3 is 2.76 bits per heavy atom. The Morgan fingerprint density at radius 1 is 1.41 bits per heavy atom. The molecule has 4 nitrogen and oxygen atoms in total. The van der Waals surface area contributed by atoms with Crippen molar-refractivity contribution < 1.29 is 9.53 Å². The Bertz CT molecular complexity index is 389. The van der Waals surface area contributed by atoms with E-state index in [1.807, 2.05) is 19.1 Å². The van der Waals surface area contributed by atoms with E-state index in [1.165, 1.54) is 5.56 Å². The second-order valence-corrected chi connectivity index (χ2v) is 4.42. The van der Waals surface area contributed by atoms with Crippen molar-refractivity contribution in [2.75, 3.05) is 13.2 Å². The zero-order valence-corrected chi connectivity index (χ0v) is 10.1. The lowest BCUT2D eigenvalue weighted by Crippen LogP contribution is -2.34. The molecule has 1 aromatic rings. The van der Waals surface area contributed by atoms with Gasteiger partial charge in [-0.3, -0.25) is 4.90 Å². The van der Waals surface area contributed by atoms with Crippen molar-refractivity contribution in [2.24, 2.45) is 5.73 Å². The quantitative estimate of drug-likeness (QED) is 0.862. The zero-order valence-electron chi connectivity index (χ0n) is 10.1. The van der Waals surface area contributed by atoms with Crippen molar-refractivity contribution in [1.29, 1.82) is 0 Å². The Balaban J connectivity index is 2.05. The largest absolute Gasteiger partial charge is 0.447 e. The van der Waals surface area contributed by atoms with Gasteiger partial charge in [-0.2, -0.15) is 0 Å². The van der Waals surface area contributed by atoms with Gasteiger partial charge in [0.25, 0.3) is 0 Å². The predicted molar refractivity (Wildman–Crippen MR) is 65.5 cm³/mol. The van der Waals surface area contributed by atoms with E-state index in [0.29, 0.717) is 19.7 Å². The highest BCUT2D eigenvalue weighted by Crippen LogP contribution is 2.18. The maximum atomic E-state index is 11.6. The van der Waals surface area contributed by atoms with Gasteiger partial charge in [0.05, 0.1) is 6.04 Å². The monoisotopic (exact) mass is 234 g/mol. The molecule has 1 aliphatic heterocycles. The van der Waals surface area contributed by atoms with Crippen LogP contribution in [-0.2, 0) is 11.3 Å². The third kappa shape index (κ3) is 2.77. The molecule has 17 heavy (non-hydrogen) atoms. The van der Waals surface area contributed by atoms with Crippen LogP contribution in [0, 0.1) is 6.92 Å². The van der Waals surface area contributed by atoms with Crippen molar-refractivity contribution in [2.45, 2.75) is 25.9 Å². The second-order valence-electron chi connectivity index (χ2n) is 4.42. The molecular formula is C13H18N2O2. The molecule has 1 atom stereocenters. The molecular weight excluding hydrogens is 216 g/mol. The molecule has 0 radical (unpaired) electrons. The van der Waals surface area contributed by atoms with E-state index in [2.05, 4.69) is 12.1 Å².